The van der Waals surface area contributed by atoms with Gasteiger partial charge in [0.1, 0.15) is 5.78 Å². The second-order valence-corrected chi connectivity index (χ2v) is 6.41. The maximum Gasteiger partial charge on any atom is 0.392 e. The lowest BCUT2D eigenvalue weighted by atomic mass is 9.70. The third-order valence-corrected chi connectivity index (χ3v) is 4.89. The van der Waals surface area contributed by atoms with Crippen molar-refractivity contribution in [2.75, 3.05) is 0 Å². The Morgan fingerprint density at radius 2 is 1.68 bits per heavy atom. The predicted molar refractivity (Wildman–Crippen MR) is 67.6 cm³/mol. The fourth-order valence-electron chi connectivity index (χ4n) is 3.86. The van der Waals surface area contributed by atoms with Crippen molar-refractivity contribution in [2.45, 2.75) is 64.5 Å². The molecule has 0 amide bonds. The van der Waals surface area contributed by atoms with Gasteiger partial charge in [0.15, 0.2) is 0 Å². The lowest BCUT2D eigenvalue weighted by Crippen LogP contribution is -2.40. The predicted octanol–water partition coefficient (Wildman–Crippen LogP) is 4.75. The maximum atomic E-state index is 13.0. The number of ketones is 1. The van der Waals surface area contributed by atoms with Crippen molar-refractivity contribution >= 4 is 5.78 Å². The zero-order valence-electron chi connectivity index (χ0n) is 11.5. The monoisotopic (exact) mass is 276 g/mol. The number of hydrogen-bond donors (Lipinski definition) is 0. The third-order valence-electron chi connectivity index (χ3n) is 4.89. The molecule has 0 aromatic carbocycles. The van der Waals surface area contributed by atoms with E-state index in [1.165, 1.54) is 0 Å². The van der Waals surface area contributed by atoms with Crippen molar-refractivity contribution < 1.29 is 18.0 Å². The first-order valence-electron chi connectivity index (χ1n) is 7.50. The molecule has 2 fully saturated rings. The molecule has 0 N–H and O–H groups in total. The van der Waals surface area contributed by atoms with Crippen LogP contribution in [-0.2, 0) is 4.79 Å². The molecule has 0 radical (unpaired) electrons. The van der Waals surface area contributed by atoms with E-state index in [-0.39, 0.29) is 18.1 Å². The highest BCUT2D eigenvalue weighted by Crippen LogP contribution is 2.44. The number of carbonyl (C=O) groups is 1. The lowest BCUT2D eigenvalue weighted by molar-refractivity contribution is -0.198. The number of hydrogen-bond acceptors (Lipinski definition) is 1. The Kier molecular flexibility index (Phi) is 4.57. The van der Waals surface area contributed by atoms with Crippen molar-refractivity contribution in [3.63, 3.8) is 0 Å². The Hall–Kier alpha value is -0.540. The van der Waals surface area contributed by atoms with Crippen LogP contribution in [0.4, 0.5) is 13.2 Å². The Morgan fingerprint density at radius 1 is 1.00 bits per heavy atom. The summed E-state index contributed by atoms with van der Waals surface area (Å²) < 4.78 is 39.1. The van der Waals surface area contributed by atoms with Gasteiger partial charge in [-0.2, -0.15) is 13.2 Å². The summed E-state index contributed by atoms with van der Waals surface area (Å²) in [5, 5.41) is 0. The minimum Gasteiger partial charge on any atom is -0.299 e. The lowest BCUT2D eigenvalue weighted by Gasteiger charge is -2.35. The molecule has 0 heterocycles. The Morgan fingerprint density at radius 3 is 2.32 bits per heavy atom. The summed E-state index contributed by atoms with van der Waals surface area (Å²) >= 11 is 0. The highest BCUT2D eigenvalue weighted by atomic mass is 19.4. The second kappa shape index (κ2) is 5.84. The van der Waals surface area contributed by atoms with E-state index >= 15 is 0 Å². The number of rotatable bonds is 2. The van der Waals surface area contributed by atoms with Crippen LogP contribution in [0.5, 0.6) is 0 Å². The largest absolute Gasteiger partial charge is 0.392 e. The molecule has 0 aromatic rings. The van der Waals surface area contributed by atoms with Crippen LogP contribution in [0.3, 0.4) is 0 Å². The summed E-state index contributed by atoms with van der Waals surface area (Å²) in [5.74, 6) is -1.86. The minimum absolute atomic E-state index is 0.0893. The van der Waals surface area contributed by atoms with E-state index < -0.39 is 18.0 Å². The molecular weight excluding hydrogens is 253 g/mol. The average molecular weight is 276 g/mol. The second-order valence-electron chi connectivity index (χ2n) is 6.41. The van der Waals surface area contributed by atoms with Crippen LogP contribution in [0.1, 0.15) is 58.3 Å². The molecule has 2 aliphatic carbocycles. The standard InChI is InChI=1S/C15H23F3O/c1-10-5-4-6-11(9-10)14(19)12-7-2-3-8-13(12)15(16,17)18/h10-13H,2-9H2,1H3. The molecule has 4 atom stereocenters. The topological polar surface area (TPSA) is 17.1 Å². The van der Waals surface area contributed by atoms with Gasteiger partial charge in [-0.15, -0.1) is 0 Å². The van der Waals surface area contributed by atoms with Crippen molar-refractivity contribution in [3.05, 3.63) is 0 Å². The van der Waals surface area contributed by atoms with Gasteiger partial charge in [0.2, 0.25) is 0 Å². The summed E-state index contributed by atoms with van der Waals surface area (Å²) in [4.78, 5) is 12.5. The Bertz CT molecular complexity index is 324. The van der Waals surface area contributed by atoms with E-state index in [9.17, 15) is 18.0 Å². The van der Waals surface area contributed by atoms with Gasteiger partial charge in [0, 0.05) is 11.8 Å². The molecule has 2 rings (SSSR count). The van der Waals surface area contributed by atoms with Gasteiger partial charge in [-0.3, -0.25) is 4.79 Å². The zero-order valence-corrected chi connectivity index (χ0v) is 11.5. The molecule has 4 unspecified atom stereocenters. The van der Waals surface area contributed by atoms with E-state index in [2.05, 4.69) is 6.92 Å². The number of halogens is 3. The van der Waals surface area contributed by atoms with Crippen LogP contribution in [0.15, 0.2) is 0 Å². The molecule has 0 aliphatic heterocycles. The van der Waals surface area contributed by atoms with Gasteiger partial charge in [-0.05, 0) is 31.6 Å². The number of Topliss-reactive ketones (excluding diaryl/α,β-unsaturated/α-hetero) is 1. The smallest absolute Gasteiger partial charge is 0.299 e. The molecule has 19 heavy (non-hydrogen) atoms. The molecule has 2 aliphatic rings. The highest BCUT2D eigenvalue weighted by molar-refractivity contribution is 5.84. The summed E-state index contributed by atoms with van der Waals surface area (Å²) in [7, 11) is 0. The Balaban J connectivity index is 2.07. The van der Waals surface area contributed by atoms with E-state index in [1.807, 2.05) is 0 Å². The summed E-state index contributed by atoms with van der Waals surface area (Å²) in [6, 6.07) is 0. The summed E-state index contributed by atoms with van der Waals surface area (Å²) in [5.41, 5.74) is 0. The first-order chi connectivity index (χ1) is 8.89. The van der Waals surface area contributed by atoms with Crippen molar-refractivity contribution in [1.82, 2.24) is 0 Å². The van der Waals surface area contributed by atoms with Crippen LogP contribution in [-0.4, -0.2) is 12.0 Å². The molecule has 0 spiro atoms. The summed E-state index contributed by atoms with van der Waals surface area (Å²) in [6.07, 6.45) is 1.43. The van der Waals surface area contributed by atoms with Gasteiger partial charge in [0.05, 0.1) is 5.92 Å². The molecule has 4 heteroatoms. The molecule has 0 saturated heterocycles. The molecule has 0 bridgehead atoms. The quantitative estimate of drug-likeness (QED) is 0.711. The Labute approximate surface area is 112 Å². The minimum atomic E-state index is -4.21. The SMILES string of the molecule is CC1CCCC(C(=O)C2CCCCC2C(F)(F)F)C1. The maximum absolute atomic E-state index is 13.0. The number of carbonyl (C=O) groups excluding carboxylic acids is 1. The van der Waals surface area contributed by atoms with Gasteiger partial charge < -0.3 is 0 Å². The fraction of sp³-hybridized carbons (Fsp3) is 0.933. The first-order valence-corrected chi connectivity index (χ1v) is 7.50. The molecule has 0 aromatic heterocycles. The van der Waals surface area contributed by atoms with E-state index in [0.29, 0.717) is 18.8 Å². The summed E-state index contributed by atoms with van der Waals surface area (Å²) in [6.45, 7) is 2.10. The zero-order chi connectivity index (χ0) is 14.0. The van der Waals surface area contributed by atoms with Gasteiger partial charge in [-0.1, -0.05) is 32.6 Å². The normalized spacial score (nSPS) is 37.1. The van der Waals surface area contributed by atoms with E-state index in [4.69, 9.17) is 0 Å². The van der Waals surface area contributed by atoms with Crippen molar-refractivity contribution in [3.8, 4) is 0 Å². The van der Waals surface area contributed by atoms with Crippen LogP contribution < -0.4 is 0 Å². The fourth-order valence-corrected chi connectivity index (χ4v) is 3.86. The third kappa shape index (κ3) is 3.51. The van der Waals surface area contributed by atoms with Crippen molar-refractivity contribution in [2.24, 2.45) is 23.7 Å². The van der Waals surface area contributed by atoms with Gasteiger partial charge >= 0.3 is 6.18 Å². The van der Waals surface area contributed by atoms with Gasteiger partial charge in [0.25, 0.3) is 0 Å². The van der Waals surface area contributed by atoms with Crippen LogP contribution in [0.2, 0.25) is 0 Å². The van der Waals surface area contributed by atoms with Crippen LogP contribution >= 0.6 is 0 Å². The van der Waals surface area contributed by atoms with Crippen molar-refractivity contribution in [1.29, 1.82) is 0 Å². The number of alkyl halides is 3. The van der Waals surface area contributed by atoms with Gasteiger partial charge in [-0.25, -0.2) is 0 Å². The molecule has 110 valence electrons. The van der Waals surface area contributed by atoms with Crippen LogP contribution in [0.25, 0.3) is 0 Å². The first kappa shape index (κ1) is 14.9. The average Bonchev–Trinajstić information content (AvgIpc) is 2.37. The van der Waals surface area contributed by atoms with E-state index in [0.717, 1.165) is 32.1 Å². The van der Waals surface area contributed by atoms with Crippen LogP contribution in [0, 0.1) is 23.7 Å². The highest BCUT2D eigenvalue weighted by Gasteiger charge is 2.49. The molecular formula is C15H23F3O. The molecule has 1 nitrogen and oxygen atoms in total. The molecule has 2 saturated carbocycles. The van der Waals surface area contributed by atoms with E-state index in [1.54, 1.807) is 0 Å².